The predicted octanol–water partition coefficient (Wildman–Crippen LogP) is 4.95. The number of allylic oxidation sites excluding steroid dienone is 1. The summed E-state index contributed by atoms with van der Waals surface area (Å²) in [6, 6.07) is 17.1. The third-order valence-electron chi connectivity index (χ3n) is 6.40. The molecule has 2 aromatic carbocycles. The van der Waals surface area contributed by atoms with Gasteiger partial charge in [-0.05, 0) is 48.6 Å². The lowest BCUT2D eigenvalue weighted by Crippen LogP contribution is -2.62. The Labute approximate surface area is 207 Å². The number of ether oxygens (including phenoxy) is 1. The molecule has 2 atom stereocenters. The molecule has 2 unspecified atom stereocenters. The van der Waals surface area contributed by atoms with E-state index in [9.17, 15) is 14.8 Å². The van der Waals surface area contributed by atoms with Crippen molar-refractivity contribution in [1.29, 1.82) is 0 Å². The Morgan fingerprint density at radius 3 is 2.57 bits per heavy atom. The van der Waals surface area contributed by atoms with Gasteiger partial charge in [-0.1, -0.05) is 72.3 Å². The molecule has 0 saturated carbocycles. The number of nitroso groups, excluding NO2 is 1. The molecular weight excluding hydrogens is 442 g/mol. The average molecular weight is 478 g/mol. The maximum atomic E-state index is 13.8. The number of hydrogen-bond acceptors (Lipinski definition) is 5. The van der Waals surface area contributed by atoms with E-state index >= 15 is 0 Å². The topological polar surface area (TPSA) is 82.4 Å². The number of β-amino-alcohol motifs (C(OH)–C–C–N with tert-alkyl or cyclic N) is 1. The number of methoxy groups -OCH3 is 1. The Bertz CT molecular complexity index is 1050. The van der Waals surface area contributed by atoms with E-state index in [1.807, 2.05) is 80.6 Å². The van der Waals surface area contributed by atoms with Crippen molar-refractivity contribution in [3.63, 3.8) is 0 Å². The summed E-state index contributed by atoms with van der Waals surface area (Å²) in [6.45, 7) is 4.99. The summed E-state index contributed by atoms with van der Waals surface area (Å²) in [7, 11) is 1.61. The van der Waals surface area contributed by atoms with Crippen LogP contribution < -0.4 is 4.74 Å². The molecule has 1 aliphatic heterocycles. The van der Waals surface area contributed by atoms with Crippen LogP contribution in [0.15, 0.2) is 83.1 Å². The zero-order valence-corrected chi connectivity index (χ0v) is 20.8. The molecule has 1 saturated heterocycles. The number of carbonyl (C=O) groups excluding carboxylic acids is 1. The fourth-order valence-corrected chi connectivity index (χ4v) is 4.40. The van der Waals surface area contributed by atoms with Gasteiger partial charge in [0.25, 0.3) is 0 Å². The molecule has 1 N–H and O–H groups in total. The first-order valence-corrected chi connectivity index (χ1v) is 12.0. The van der Waals surface area contributed by atoms with Crippen LogP contribution in [-0.4, -0.2) is 59.8 Å². The minimum Gasteiger partial charge on any atom is -0.497 e. The molecular formula is C28H35N3O4. The van der Waals surface area contributed by atoms with Crippen LogP contribution >= 0.6 is 0 Å². The molecule has 1 fully saturated rings. The maximum absolute atomic E-state index is 13.8. The zero-order chi connectivity index (χ0) is 25.2. The second kappa shape index (κ2) is 12.9. The highest BCUT2D eigenvalue weighted by molar-refractivity contribution is 5.76. The van der Waals surface area contributed by atoms with Crippen LogP contribution in [0.25, 0.3) is 0 Å². The van der Waals surface area contributed by atoms with Gasteiger partial charge in [-0.2, -0.15) is 4.91 Å². The number of benzene rings is 2. The first-order valence-electron chi connectivity index (χ1n) is 12.0. The van der Waals surface area contributed by atoms with Crippen molar-refractivity contribution < 1.29 is 14.6 Å². The van der Waals surface area contributed by atoms with Gasteiger partial charge >= 0.3 is 6.03 Å². The van der Waals surface area contributed by atoms with Gasteiger partial charge in [0.15, 0.2) is 0 Å². The van der Waals surface area contributed by atoms with Gasteiger partial charge in [0.05, 0.1) is 25.8 Å². The number of amides is 2. The molecule has 2 amide bonds. The zero-order valence-electron chi connectivity index (χ0n) is 20.8. The van der Waals surface area contributed by atoms with Gasteiger partial charge < -0.3 is 19.6 Å². The average Bonchev–Trinajstić information content (AvgIpc) is 2.88. The van der Waals surface area contributed by atoms with E-state index in [1.165, 1.54) is 0 Å². The van der Waals surface area contributed by atoms with Gasteiger partial charge in [-0.15, -0.1) is 0 Å². The minimum atomic E-state index is -0.713. The molecule has 7 nitrogen and oxygen atoms in total. The SMILES string of the molecule is C/C=C(\C=C(/CC)CN1C(=O)N(Cc2cccc(OC)c2)CC(O)C1Cc1ccccc1)CN=O. The number of urea groups is 1. The lowest BCUT2D eigenvalue weighted by Gasteiger charge is -2.45. The number of hydrogen-bond donors (Lipinski definition) is 1. The van der Waals surface area contributed by atoms with Crippen LogP contribution in [0.4, 0.5) is 4.79 Å². The van der Waals surface area contributed by atoms with Crippen LogP contribution in [-0.2, 0) is 13.0 Å². The molecule has 7 heteroatoms. The predicted molar refractivity (Wildman–Crippen MR) is 138 cm³/mol. The molecule has 0 aliphatic carbocycles. The van der Waals surface area contributed by atoms with Gasteiger partial charge in [0, 0.05) is 13.1 Å². The first kappa shape index (κ1) is 26.2. The monoisotopic (exact) mass is 477 g/mol. The van der Waals surface area contributed by atoms with E-state index in [2.05, 4.69) is 5.18 Å². The smallest absolute Gasteiger partial charge is 0.321 e. The van der Waals surface area contributed by atoms with Crippen LogP contribution in [0.3, 0.4) is 0 Å². The van der Waals surface area contributed by atoms with E-state index < -0.39 is 6.10 Å². The number of rotatable bonds is 11. The molecule has 0 bridgehead atoms. The largest absolute Gasteiger partial charge is 0.497 e. The van der Waals surface area contributed by atoms with Gasteiger partial charge in [-0.25, -0.2) is 4.79 Å². The Balaban J connectivity index is 1.90. The summed E-state index contributed by atoms with van der Waals surface area (Å²) in [5.41, 5.74) is 3.82. The highest BCUT2D eigenvalue weighted by Crippen LogP contribution is 2.25. The quantitative estimate of drug-likeness (QED) is 0.367. The first-order chi connectivity index (χ1) is 17.0. The summed E-state index contributed by atoms with van der Waals surface area (Å²) in [6.07, 6.45) is 4.37. The second-order valence-electron chi connectivity index (χ2n) is 8.77. The molecule has 0 aromatic heterocycles. The molecule has 186 valence electrons. The van der Waals surface area contributed by atoms with Gasteiger partial charge in [-0.3, -0.25) is 0 Å². The number of aliphatic hydroxyl groups is 1. The Morgan fingerprint density at radius 2 is 1.91 bits per heavy atom. The standard InChI is InChI=1S/C28H35N3O4/c1-4-21(17-29-34)14-22(5-2)19-31-26(16-23-10-7-6-8-11-23)27(32)20-30(28(31)33)18-24-12-9-13-25(15-24)35-3/h4,6-15,26-27,32H,5,16-20H2,1-3H3/b21-4+,22-14+. The van der Waals surface area contributed by atoms with E-state index in [0.29, 0.717) is 25.9 Å². The third kappa shape index (κ3) is 7.02. The Kier molecular flexibility index (Phi) is 9.61. The van der Waals surface area contributed by atoms with Crippen molar-refractivity contribution in [3.8, 4) is 5.75 Å². The van der Waals surface area contributed by atoms with Crippen molar-refractivity contribution in [2.45, 2.75) is 45.4 Å². The molecule has 1 aliphatic rings. The maximum Gasteiger partial charge on any atom is 0.321 e. The van der Waals surface area contributed by atoms with Crippen molar-refractivity contribution in [2.75, 3.05) is 26.7 Å². The van der Waals surface area contributed by atoms with Crippen molar-refractivity contribution in [3.05, 3.63) is 93.9 Å². The molecule has 2 aromatic rings. The van der Waals surface area contributed by atoms with E-state index in [-0.39, 0.29) is 25.2 Å². The van der Waals surface area contributed by atoms with Crippen molar-refractivity contribution >= 4 is 6.03 Å². The molecule has 1 heterocycles. The van der Waals surface area contributed by atoms with Crippen LogP contribution in [0.5, 0.6) is 5.75 Å². The lowest BCUT2D eigenvalue weighted by atomic mass is 9.96. The van der Waals surface area contributed by atoms with Crippen molar-refractivity contribution in [2.24, 2.45) is 5.18 Å². The number of aliphatic hydroxyl groups excluding tert-OH is 1. The van der Waals surface area contributed by atoms with Crippen molar-refractivity contribution in [1.82, 2.24) is 9.80 Å². The summed E-state index contributed by atoms with van der Waals surface area (Å²) < 4.78 is 5.33. The molecule has 3 rings (SSSR count). The summed E-state index contributed by atoms with van der Waals surface area (Å²) in [5.74, 6) is 0.727. The molecule has 0 spiro atoms. The fourth-order valence-electron chi connectivity index (χ4n) is 4.40. The normalized spacial score (nSPS) is 19.1. The second-order valence-corrected chi connectivity index (χ2v) is 8.77. The Morgan fingerprint density at radius 1 is 1.17 bits per heavy atom. The Hall–Kier alpha value is -3.45. The van der Waals surface area contributed by atoms with Crippen LogP contribution in [0, 0.1) is 4.91 Å². The number of carbonyl (C=O) groups is 1. The number of nitrogens with zero attached hydrogens (tertiary/aromatic N) is 3. The fraction of sp³-hybridized carbons (Fsp3) is 0.393. The molecule has 35 heavy (non-hydrogen) atoms. The minimum absolute atomic E-state index is 0.0893. The van der Waals surface area contributed by atoms with E-state index in [1.54, 1.807) is 16.9 Å². The van der Waals surface area contributed by atoms with Crippen LogP contribution in [0.1, 0.15) is 31.4 Å². The summed E-state index contributed by atoms with van der Waals surface area (Å²) in [4.78, 5) is 28.0. The lowest BCUT2D eigenvalue weighted by molar-refractivity contribution is 0.00185. The van der Waals surface area contributed by atoms with E-state index in [4.69, 9.17) is 4.74 Å². The highest BCUT2D eigenvalue weighted by atomic mass is 16.5. The summed E-state index contributed by atoms with van der Waals surface area (Å²) in [5, 5.41) is 14.2. The van der Waals surface area contributed by atoms with E-state index in [0.717, 1.165) is 28.0 Å². The molecule has 0 radical (unpaired) electrons. The van der Waals surface area contributed by atoms with Gasteiger partial charge in [0.2, 0.25) is 0 Å². The van der Waals surface area contributed by atoms with Crippen LogP contribution in [0.2, 0.25) is 0 Å². The van der Waals surface area contributed by atoms with Gasteiger partial charge in [0.1, 0.15) is 12.3 Å². The third-order valence-corrected chi connectivity index (χ3v) is 6.40. The highest BCUT2D eigenvalue weighted by Gasteiger charge is 2.39. The summed E-state index contributed by atoms with van der Waals surface area (Å²) >= 11 is 0.